The molecule has 1 aromatic carbocycles. The lowest BCUT2D eigenvalue weighted by atomic mass is 10.0. The van der Waals surface area contributed by atoms with Crippen molar-refractivity contribution in [2.24, 2.45) is 23.2 Å². The Labute approximate surface area is 333 Å². The van der Waals surface area contributed by atoms with Gasteiger partial charge in [0.1, 0.15) is 36.4 Å². The maximum atomic E-state index is 15.4. The second-order valence-electron chi connectivity index (χ2n) is 16.3. The van der Waals surface area contributed by atoms with Crippen LogP contribution in [0.25, 0.3) is 17.4 Å². The molecule has 3 aromatic rings. The number of imidazole rings is 1. The molecular weight excluding hydrogens is 757 g/mol. The average molecular weight is 816 g/mol. The molecule has 2 heterocycles. The van der Waals surface area contributed by atoms with Gasteiger partial charge in [-0.05, 0) is 69.1 Å². The number of carboxylic acid groups (broad SMARTS) is 1. The highest BCUT2D eigenvalue weighted by molar-refractivity contribution is 7.51. The number of nitrogen functional groups attached to an aromatic ring is 1. The van der Waals surface area contributed by atoms with Gasteiger partial charge >= 0.3 is 25.8 Å². The molecule has 0 saturated heterocycles. The van der Waals surface area contributed by atoms with Crippen LogP contribution < -0.4 is 21.1 Å². The smallest absolute Gasteiger partial charge is 0.462 e. The Morgan fingerprint density at radius 2 is 1.79 bits per heavy atom. The maximum Gasteiger partial charge on any atom is 0.462 e. The van der Waals surface area contributed by atoms with E-state index in [1.54, 1.807) is 71.2 Å². The van der Waals surface area contributed by atoms with Crippen molar-refractivity contribution in [3.63, 3.8) is 0 Å². The molecule has 1 saturated carbocycles. The second-order valence-corrected chi connectivity index (χ2v) is 18.2. The fourth-order valence-electron chi connectivity index (χ4n) is 6.25. The SMILES string of the molecule is CCC(CC)CN([C@@H](CC(C)C)C(=O)O)[P@](=O)(OCC1(COC(=O)[C@@H](NC(=O)OC(C)(C)C)C(C)C)C/C1=C/n1cnc2c(=O)[nH]c(N)nc21)Oc1ccccc1. The molecule has 0 spiro atoms. The number of amides is 1. The molecule has 1 unspecified atom stereocenters. The zero-order valence-corrected chi connectivity index (χ0v) is 35.2. The van der Waals surface area contributed by atoms with Crippen LogP contribution in [0.1, 0.15) is 88.0 Å². The van der Waals surface area contributed by atoms with Crippen LogP contribution in [-0.4, -0.2) is 84.8 Å². The van der Waals surface area contributed by atoms with Gasteiger partial charge in [-0.1, -0.05) is 72.6 Å². The number of ether oxygens (including phenoxy) is 2. The highest BCUT2D eigenvalue weighted by Crippen LogP contribution is 2.60. The van der Waals surface area contributed by atoms with Crippen LogP contribution >= 0.6 is 7.75 Å². The normalized spacial score (nSPS) is 18.5. The Balaban J connectivity index is 1.77. The first-order valence-electron chi connectivity index (χ1n) is 19.3. The van der Waals surface area contributed by atoms with Gasteiger partial charge in [-0.3, -0.25) is 23.7 Å². The number of carboxylic acids is 1. The van der Waals surface area contributed by atoms with Gasteiger partial charge in [0.15, 0.2) is 11.2 Å². The number of aliphatic carboxylic acids is 1. The number of nitrogens with one attached hydrogen (secondary N) is 2. The summed E-state index contributed by atoms with van der Waals surface area (Å²) in [6.45, 7) is 15.8. The molecule has 314 valence electrons. The Bertz CT molecular complexity index is 2000. The van der Waals surface area contributed by atoms with E-state index in [1.807, 2.05) is 27.7 Å². The summed E-state index contributed by atoms with van der Waals surface area (Å²) in [6.07, 6.45) is 4.06. The van der Waals surface area contributed by atoms with E-state index < -0.39 is 54.4 Å². The summed E-state index contributed by atoms with van der Waals surface area (Å²) >= 11 is 0. The van der Waals surface area contributed by atoms with Crippen molar-refractivity contribution in [3.8, 4) is 5.75 Å². The minimum Gasteiger partial charge on any atom is -0.480 e. The molecule has 57 heavy (non-hydrogen) atoms. The topological polar surface area (TPSA) is 230 Å². The Kier molecular flexibility index (Phi) is 14.7. The maximum absolute atomic E-state index is 15.4. The molecule has 17 nitrogen and oxygen atoms in total. The van der Waals surface area contributed by atoms with Gasteiger partial charge in [0.2, 0.25) is 5.95 Å². The van der Waals surface area contributed by atoms with Gasteiger partial charge in [0.25, 0.3) is 5.56 Å². The molecule has 1 amide bonds. The quantitative estimate of drug-likeness (QED) is 0.0708. The Morgan fingerprint density at radius 1 is 1.12 bits per heavy atom. The first-order valence-corrected chi connectivity index (χ1v) is 20.8. The van der Waals surface area contributed by atoms with Gasteiger partial charge in [0.05, 0.1) is 12.0 Å². The van der Waals surface area contributed by atoms with Crippen molar-refractivity contribution in [1.82, 2.24) is 29.5 Å². The molecule has 0 radical (unpaired) electrons. The number of rotatable bonds is 20. The molecule has 0 bridgehead atoms. The van der Waals surface area contributed by atoms with E-state index in [1.165, 1.54) is 15.6 Å². The van der Waals surface area contributed by atoms with Crippen LogP contribution in [0.2, 0.25) is 0 Å². The van der Waals surface area contributed by atoms with Gasteiger partial charge < -0.3 is 30.2 Å². The average Bonchev–Trinajstić information content (AvgIpc) is 3.65. The van der Waals surface area contributed by atoms with E-state index in [2.05, 4.69) is 20.3 Å². The van der Waals surface area contributed by atoms with Gasteiger partial charge in [-0.15, -0.1) is 0 Å². The van der Waals surface area contributed by atoms with Crippen LogP contribution in [0.4, 0.5) is 10.7 Å². The largest absolute Gasteiger partial charge is 0.480 e. The molecule has 1 aliphatic rings. The number of anilines is 1. The molecule has 2 aromatic heterocycles. The molecular formula is C39H58N7O10P. The summed E-state index contributed by atoms with van der Waals surface area (Å²) in [4.78, 5) is 62.6. The van der Waals surface area contributed by atoms with Gasteiger partial charge in [-0.2, -0.15) is 9.65 Å². The predicted molar refractivity (Wildman–Crippen MR) is 215 cm³/mol. The van der Waals surface area contributed by atoms with Crippen LogP contribution in [0.5, 0.6) is 5.75 Å². The van der Waals surface area contributed by atoms with Crippen LogP contribution in [0.3, 0.4) is 0 Å². The number of carbonyl (C=O) groups is 3. The third kappa shape index (κ3) is 11.9. The van der Waals surface area contributed by atoms with E-state index >= 15 is 4.57 Å². The molecule has 1 fully saturated rings. The fourth-order valence-corrected chi connectivity index (χ4v) is 8.32. The number of H-pyrrole nitrogens is 1. The number of nitrogens with zero attached hydrogens (tertiary/aromatic N) is 4. The summed E-state index contributed by atoms with van der Waals surface area (Å²) in [5, 5.41) is 13.2. The third-order valence-electron chi connectivity index (χ3n) is 9.64. The highest BCUT2D eigenvalue weighted by Gasteiger charge is 2.54. The number of aromatic nitrogens is 4. The van der Waals surface area contributed by atoms with E-state index in [0.717, 1.165) is 0 Å². The van der Waals surface area contributed by atoms with Crippen LogP contribution in [0.15, 0.2) is 47.0 Å². The summed E-state index contributed by atoms with van der Waals surface area (Å²) in [7, 11) is -4.51. The number of para-hydroxylation sites is 1. The third-order valence-corrected chi connectivity index (χ3v) is 11.6. The van der Waals surface area contributed by atoms with Crippen molar-refractivity contribution in [2.45, 2.75) is 106 Å². The lowest BCUT2D eigenvalue weighted by Crippen LogP contribution is -2.47. The molecule has 0 aliphatic heterocycles. The minimum absolute atomic E-state index is 0.0374. The monoisotopic (exact) mass is 815 g/mol. The number of aromatic amines is 1. The summed E-state index contributed by atoms with van der Waals surface area (Å²) < 4.78 is 42.2. The van der Waals surface area contributed by atoms with E-state index in [9.17, 15) is 24.3 Å². The lowest BCUT2D eigenvalue weighted by Gasteiger charge is -2.37. The predicted octanol–water partition coefficient (Wildman–Crippen LogP) is 6.47. The second kappa shape index (κ2) is 18.7. The molecule has 18 heteroatoms. The lowest BCUT2D eigenvalue weighted by molar-refractivity contribution is -0.149. The number of benzene rings is 1. The minimum atomic E-state index is -4.51. The number of alkyl carbamates (subject to hydrolysis) is 1. The zero-order chi connectivity index (χ0) is 42.3. The molecule has 1 aliphatic carbocycles. The van der Waals surface area contributed by atoms with Crippen molar-refractivity contribution >= 4 is 49.1 Å². The van der Waals surface area contributed by atoms with Crippen molar-refractivity contribution < 1.29 is 42.6 Å². The van der Waals surface area contributed by atoms with Crippen molar-refractivity contribution in [2.75, 3.05) is 25.5 Å². The summed E-state index contributed by atoms with van der Waals surface area (Å²) in [5.41, 5.74) is 4.26. The zero-order valence-electron chi connectivity index (χ0n) is 34.3. The van der Waals surface area contributed by atoms with Crippen LogP contribution in [0, 0.1) is 23.2 Å². The number of fused-ring (bicyclic) bond motifs is 1. The molecule has 5 N–H and O–H groups in total. The van der Waals surface area contributed by atoms with E-state index in [-0.39, 0.29) is 73.2 Å². The summed E-state index contributed by atoms with van der Waals surface area (Å²) in [5.74, 6) is -2.31. The number of esters is 1. The fraction of sp³-hybridized carbons (Fsp3) is 0.590. The standard InChI is InChI=1S/C39H58N7O10P/c1-10-26(11-2)19-46(29(34(48)49)17-24(3)4)57(52,56-28-15-13-12-14-16-28)54-22-39(21-53-35(50)30(25(5)6)42-37(51)55-38(7,8)9)18-27(39)20-45-23-41-31-32(45)43-36(40)44-33(31)47/h12-16,20,23-26,29-30H,10-11,17-19,21-22H2,1-9H3,(H,42,51)(H,48,49)(H3,40,43,44,47)/b27-20-/t29-,30-,39?,57-/m0/s1. The summed E-state index contributed by atoms with van der Waals surface area (Å²) in [6, 6.07) is 6.09. The number of hydrogen-bond donors (Lipinski definition) is 4. The van der Waals surface area contributed by atoms with E-state index in [4.69, 9.17) is 24.3 Å². The molecule has 4 rings (SSSR count). The number of nitrogens with two attached hydrogens (primary N) is 1. The van der Waals surface area contributed by atoms with E-state index in [0.29, 0.717) is 18.4 Å². The molecule has 4 atom stereocenters. The van der Waals surface area contributed by atoms with Gasteiger partial charge in [-0.25, -0.2) is 19.1 Å². The first-order chi connectivity index (χ1) is 26.7. The van der Waals surface area contributed by atoms with Crippen LogP contribution in [-0.2, 0) is 28.2 Å². The van der Waals surface area contributed by atoms with Gasteiger partial charge in [0, 0.05) is 12.7 Å². The Morgan fingerprint density at radius 3 is 2.37 bits per heavy atom. The Hall–Kier alpha value is -4.73. The van der Waals surface area contributed by atoms with Crippen molar-refractivity contribution in [1.29, 1.82) is 0 Å². The highest BCUT2D eigenvalue weighted by atomic mass is 31.2. The number of hydrogen-bond acceptors (Lipinski definition) is 12. The first kappa shape index (κ1) is 45.0. The van der Waals surface area contributed by atoms with Crippen molar-refractivity contribution in [3.05, 3.63) is 52.6 Å². The number of carbonyl (C=O) groups excluding carboxylic acids is 2.